The Morgan fingerprint density at radius 1 is 1.11 bits per heavy atom. The van der Waals surface area contributed by atoms with Crippen LogP contribution >= 0.6 is 23.8 Å². The van der Waals surface area contributed by atoms with Gasteiger partial charge in [-0.25, -0.2) is 0 Å². The van der Waals surface area contributed by atoms with E-state index in [1.54, 1.807) is 0 Å². The maximum Gasteiger partial charge on any atom is 0.103 e. The third kappa shape index (κ3) is 3.22. The van der Waals surface area contributed by atoms with Gasteiger partial charge in [0.15, 0.2) is 0 Å². The van der Waals surface area contributed by atoms with Crippen molar-refractivity contribution in [1.29, 1.82) is 0 Å². The molecule has 3 N–H and O–H groups in total. The van der Waals surface area contributed by atoms with Crippen LogP contribution in [0.1, 0.15) is 11.1 Å². The lowest BCUT2D eigenvalue weighted by atomic mass is 10.2. The van der Waals surface area contributed by atoms with Crippen LogP contribution in [0, 0.1) is 0 Å². The summed E-state index contributed by atoms with van der Waals surface area (Å²) in [6.45, 7) is 0.687. The molecule has 0 aliphatic rings. The molecule has 0 aliphatic carbocycles. The van der Waals surface area contributed by atoms with Crippen LogP contribution in [0.4, 0.5) is 5.69 Å². The number of nitrogens with two attached hydrogens (primary N) is 1. The van der Waals surface area contributed by atoms with Gasteiger partial charge in [0.25, 0.3) is 0 Å². The smallest absolute Gasteiger partial charge is 0.103 e. The molecule has 0 unspecified atom stereocenters. The molecule has 2 aromatic rings. The SMILES string of the molecule is NC(=S)c1ccc(NCc2ccccc2Cl)cc1. The van der Waals surface area contributed by atoms with Crippen LogP contribution in [-0.4, -0.2) is 4.99 Å². The molecule has 18 heavy (non-hydrogen) atoms. The van der Waals surface area contributed by atoms with Gasteiger partial charge in [0.1, 0.15) is 4.99 Å². The Labute approximate surface area is 117 Å². The zero-order chi connectivity index (χ0) is 13.0. The minimum absolute atomic E-state index is 0.410. The molecule has 2 aromatic carbocycles. The second-order valence-corrected chi connectivity index (χ2v) is 4.73. The van der Waals surface area contributed by atoms with E-state index in [1.807, 2.05) is 48.5 Å². The topological polar surface area (TPSA) is 38.0 Å². The fourth-order valence-corrected chi connectivity index (χ4v) is 1.93. The van der Waals surface area contributed by atoms with E-state index >= 15 is 0 Å². The first-order valence-corrected chi connectivity index (χ1v) is 6.32. The van der Waals surface area contributed by atoms with Crippen molar-refractivity contribution < 1.29 is 0 Å². The number of anilines is 1. The molecule has 2 rings (SSSR count). The van der Waals surface area contributed by atoms with Crippen molar-refractivity contribution in [3.05, 3.63) is 64.7 Å². The molecule has 0 aliphatic heterocycles. The molecule has 0 bridgehead atoms. The molecule has 0 aromatic heterocycles. The lowest BCUT2D eigenvalue weighted by Gasteiger charge is -2.08. The highest BCUT2D eigenvalue weighted by Crippen LogP contribution is 2.17. The van der Waals surface area contributed by atoms with Crippen molar-refractivity contribution in [2.75, 3.05) is 5.32 Å². The number of thiocarbonyl (C=S) groups is 1. The van der Waals surface area contributed by atoms with E-state index in [0.29, 0.717) is 11.5 Å². The Balaban J connectivity index is 2.02. The van der Waals surface area contributed by atoms with Crippen molar-refractivity contribution in [3.8, 4) is 0 Å². The lowest BCUT2D eigenvalue weighted by Crippen LogP contribution is -2.09. The van der Waals surface area contributed by atoms with E-state index < -0.39 is 0 Å². The largest absolute Gasteiger partial charge is 0.389 e. The van der Waals surface area contributed by atoms with Gasteiger partial charge in [-0.05, 0) is 35.9 Å². The van der Waals surface area contributed by atoms with Crippen molar-refractivity contribution in [1.82, 2.24) is 0 Å². The predicted molar refractivity (Wildman–Crippen MR) is 81.1 cm³/mol. The first-order chi connectivity index (χ1) is 8.66. The monoisotopic (exact) mass is 276 g/mol. The maximum absolute atomic E-state index is 6.08. The number of nitrogens with one attached hydrogen (secondary N) is 1. The molecule has 92 valence electrons. The predicted octanol–water partition coefficient (Wildman–Crippen LogP) is 3.59. The molecular weight excluding hydrogens is 264 g/mol. The van der Waals surface area contributed by atoms with E-state index in [4.69, 9.17) is 29.6 Å². The fourth-order valence-electron chi connectivity index (χ4n) is 1.59. The molecule has 0 atom stereocenters. The van der Waals surface area contributed by atoms with Crippen LogP contribution in [0.2, 0.25) is 5.02 Å². The number of benzene rings is 2. The Morgan fingerprint density at radius 2 is 1.78 bits per heavy atom. The number of hydrogen-bond donors (Lipinski definition) is 2. The standard InChI is InChI=1S/C14H13ClN2S/c15-13-4-2-1-3-11(13)9-17-12-7-5-10(6-8-12)14(16)18/h1-8,17H,9H2,(H2,16,18). The van der Waals surface area contributed by atoms with E-state index in [0.717, 1.165) is 21.8 Å². The van der Waals surface area contributed by atoms with Gasteiger partial charge >= 0.3 is 0 Å². The van der Waals surface area contributed by atoms with Gasteiger partial charge in [0.05, 0.1) is 0 Å². The van der Waals surface area contributed by atoms with Gasteiger partial charge in [-0.15, -0.1) is 0 Å². The zero-order valence-electron chi connectivity index (χ0n) is 9.69. The number of halogens is 1. The van der Waals surface area contributed by atoms with Gasteiger partial charge in [-0.2, -0.15) is 0 Å². The summed E-state index contributed by atoms with van der Waals surface area (Å²) in [6, 6.07) is 15.5. The molecule has 0 heterocycles. The average molecular weight is 277 g/mol. The maximum atomic E-state index is 6.08. The second kappa shape index (κ2) is 5.85. The number of rotatable bonds is 4. The quantitative estimate of drug-likeness (QED) is 0.838. The molecule has 0 radical (unpaired) electrons. The minimum atomic E-state index is 0.410. The second-order valence-electron chi connectivity index (χ2n) is 3.89. The van der Waals surface area contributed by atoms with Crippen molar-refractivity contribution in [3.63, 3.8) is 0 Å². The normalized spacial score (nSPS) is 10.1. The fraction of sp³-hybridized carbons (Fsp3) is 0.0714. The van der Waals surface area contributed by atoms with Gasteiger partial charge in [0, 0.05) is 22.8 Å². The van der Waals surface area contributed by atoms with Crippen molar-refractivity contribution in [2.45, 2.75) is 6.54 Å². The molecule has 4 heteroatoms. The summed E-state index contributed by atoms with van der Waals surface area (Å²) >= 11 is 11.0. The first kappa shape index (κ1) is 12.9. The molecule has 0 amide bonds. The summed E-state index contributed by atoms with van der Waals surface area (Å²) in [7, 11) is 0. The van der Waals surface area contributed by atoms with E-state index in [-0.39, 0.29) is 0 Å². The summed E-state index contributed by atoms with van der Waals surface area (Å²) in [6.07, 6.45) is 0. The van der Waals surface area contributed by atoms with E-state index in [9.17, 15) is 0 Å². The van der Waals surface area contributed by atoms with E-state index in [2.05, 4.69) is 5.32 Å². The van der Waals surface area contributed by atoms with Crippen LogP contribution in [0.3, 0.4) is 0 Å². The summed E-state index contributed by atoms with van der Waals surface area (Å²) in [4.78, 5) is 0.410. The van der Waals surface area contributed by atoms with Crippen LogP contribution < -0.4 is 11.1 Å². The Kier molecular flexibility index (Phi) is 4.18. The van der Waals surface area contributed by atoms with Gasteiger partial charge < -0.3 is 11.1 Å². The minimum Gasteiger partial charge on any atom is -0.389 e. The lowest BCUT2D eigenvalue weighted by molar-refractivity contribution is 1.15. The first-order valence-electron chi connectivity index (χ1n) is 5.54. The van der Waals surface area contributed by atoms with Crippen molar-refractivity contribution >= 4 is 34.5 Å². The molecular formula is C14H13ClN2S. The summed E-state index contributed by atoms with van der Waals surface area (Å²) < 4.78 is 0. The zero-order valence-corrected chi connectivity index (χ0v) is 11.3. The molecule has 0 saturated heterocycles. The van der Waals surface area contributed by atoms with E-state index in [1.165, 1.54) is 0 Å². The average Bonchev–Trinajstić information content (AvgIpc) is 2.38. The Morgan fingerprint density at radius 3 is 2.39 bits per heavy atom. The highest BCUT2D eigenvalue weighted by Gasteiger charge is 1.99. The van der Waals surface area contributed by atoms with Crippen molar-refractivity contribution in [2.24, 2.45) is 5.73 Å². The molecule has 0 saturated carbocycles. The molecule has 2 nitrogen and oxygen atoms in total. The molecule has 0 fully saturated rings. The third-order valence-corrected chi connectivity index (χ3v) is 3.21. The van der Waals surface area contributed by atoms with Crippen LogP contribution in [0.5, 0.6) is 0 Å². The third-order valence-electron chi connectivity index (χ3n) is 2.61. The summed E-state index contributed by atoms with van der Waals surface area (Å²) in [5, 5.41) is 4.07. The summed E-state index contributed by atoms with van der Waals surface area (Å²) in [5.74, 6) is 0. The Hall–Kier alpha value is -1.58. The summed E-state index contributed by atoms with van der Waals surface area (Å²) in [5.41, 5.74) is 8.49. The van der Waals surface area contributed by atoms with Crippen LogP contribution in [-0.2, 0) is 6.54 Å². The highest BCUT2D eigenvalue weighted by atomic mass is 35.5. The number of hydrogen-bond acceptors (Lipinski definition) is 2. The van der Waals surface area contributed by atoms with Gasteiger partial charge in [-0.1, -0.05) is 42.0 Å². The van der Waals surface area contributed by atoms with Crippen LogP contribution in [0.25, 0.3) is 0 Å². The Bertz CT molecular complexity index is 552. The highest BCUT2D eigenvalue weighted by molar-refractivity contribution is 7.80. The van der Waals surface area contributed by atoms with Crippen LogP contribution in [0.15, 0.2) is 48.5 Å². The van der Waals surface area contributed by atoms with Gasteiger partial charge in [0.2, 0.25) is 0 Å². The van der Waals surface area contributed by atoms with Gasteiger partial charge in [-0.3, -0.25) is 0 Å². The molecule has 0 spiro atoms.